The van der Waals surface area contributed by atoms with Gasteiger partial charge in [-0.1, -0.05) is 216 Å². The molecule has 11 heteroatoms. The highest BCUT2D eigenvalue weighted by Crippen LogP contribution is 2.50. The van der Waals surface area contributed by atoms with E-state index in [9.17, 15) is 24.3 Å². The van der Waals surface area contributed by atoms with Crippen molar-refractivity contribution in [3.63, 3.8) is 0 Å². The number of esters is 1. The summed E-state index contributed by atoms with van der Waals surface area (Å²) in [6.07, 6.45) is 1.50. The van der Waals surface area contributed by atoms with Crippen LogP contribution in [0.15, 0.2) is 194 Å². The van der Waals surface area contributed by atoms with Crippen LogP contribution >= 0.6 is 23.5 Å². The monoisotopic (exact) mass is 1000 g/mol. The Bertz CT molecular complexity index is 2480. The van der Waals surface area contributed by atoms with Crippen molar-refractivity contribution >= 4 is 47.2 Å². The zero-order valence-electron chi connectivity index (χ0n) is 41.6. The topological polar surface area (TPSA) is 134 Å². The lowest BCUT2D eigenvalue weighted by Gasteiger charge is -2.37. The molecule has 4 N–H and O–H groups in total. The molecule has 0 bridgehead atoms. The molecule has 72 heavy (non-hydrogen) atoms. The summed E-state index contributed by atoms with van der Waals surface area (Å²) in [5.41, 5.74) is 6.38. The van der Waals surface area contributed by atoms with Gasteiger partial charge in [-0.25, -0.2) is 0 Å². The minimum Gasteiger partial charge on any atom is -0.457 e. The van der Waals surface area contributed by atoms with Gasteiger partial charge in [0, 0.05) is 5.75 Å². The predicted molar refractivity (Wildman–Crippen MR) is 292 cm³/mol. The number of hydrogen-bond acceptors (Lipinski definition) is 8. The fourth-order valence-electron chi connectivity index (χ4n) is 9.50. The van der Waals surface area contributed by atoms with Crippen molar-refractivity contribution in [1.82, 2.24) is 16.0 Å². The summed E-state index contributed by atoms with van der Waals surface area (Å²) in [5.74, 6) is -1.79. The average molecular weight is 1000 g/mol. The van der Waals surface area contributed by atoms with Crippen LogP contribution < -0.4 is 16.0 Å². The number of aliphatic hydroxyl groups is 1. The van der Waals surface area contributed by atoms with E-state index in [1.807, 2.05) is 107 Å². The van der Waals surface area contributed by atoms with Crippen LogP contribution in [-0.4, -0.2) is 70.6 Å². The van der Waals surface area contributed by atoms with Gasteiger partial charge in [0.1, 0.15) is 18.2 Å². The van der Waals surface area contributed by atoms with Gasteiger partial charge < -0.3 is 25.8 Å². The van der Waals surface area contributed by atoms with E-state index in [2.05, 4.69) is 125 Å². The Balaban J connectivity index is 1.16. The van der Waals surface area contributed by atoms with E-state index in [-0.39, 0.29) is 30.4 Å². The van der Waals surface area contributed by atoms with Crippen LogP contribution in [0.3, 0.4) is 0 Å². The molecule has 0 aromatic heterocycles. The summed E-state index contributed by atoms with van der Waals surface area (Å²) < 4.78 is 4.64. The smallest absolute Gasteiger partial charge is 0.309 e. The molecule has 1 heterocycles. The van der Waals surface area contributed by atoms with Gasteiger partial charge >= 0.3 is 5.97 Å². The number of carbonyl (C=O) groups excluding carboxylic acids is 4. The quantitative estimate of drug-likeness (QED) is 0.0307. The Hall–Kier alpha value is -6.40. The highest BCUT2D eigenvalue weighted by molar-refractivity contribution is 8.00. The molecule has 5 atom stereocenters. The Kier molecular flexibility index (Phi) is 19.1. The number of ether oxygens (including phenoxy) is 1. The minimum atomic E-state index is -1.33. The molecule has 6 aromatic rings. The van der Waals surface area contributed by atoms with Gasteiger partial charge in [-0.2, -0.15) is 0 Å². The lowest BCUT2D eigenvalue weighted by atomic mass is 9.84. The summed E-state index contributed by atoms with van der Waals surface area (Å²) in [4.78, 5) is 57.2. The molecule has 0 unspecified atom stereocenters. The number of benzene rings is 6. The normalized spacial score (nSPS) is 19.7. The molecule has 1 saturated heterocycles. The second kappa shape index (κ2) is 25.8. The lowest BCUT2D eigenvalue weighted by Crippen LogP contribution is -2.58. The molecule has 0 aliphatic carbocycles. The van der Waals surface area contributed by atoms with E-state index in [4.69, 9.17) is 4.74 Å². The molecular formula is C61H67N3O6S2. The Morgan fingerprint density at radius 1 is 0.556 bits per heavy atom. The largest absolute Gasteiger partial charge is 0.457 e. The second-order valence-electron chi connectivity index (χ2n) is 19.0. The van der Waals surface area contributed by atoms with Gasteiger partial charge in [-0.05, 0) is 69.9 Å². The number of allylic oxidation sites excluding steroid dienone is 1. The van der Waals surface area contributed by atoms with E-state index in [0.717, 1.165) is 33.4 Å². The number of cyclic esters (lactones) is 1. The first kappa shape index (κ1) is 53.4. The maximum atomic E-state index is 14.7. The maximum Gasteiger partial charge on any atom is 0.309 e. The zero-order valence-corrected chi connectivity index (χ0v) is 43.2. The van der Waals surface area contributed by atoms with Crippen LogP contribution in [-0.2, 0) is 33.4 Å². The fourth-order valence-corrected chi connectivity index (χ4v) is 12.5. The van der Waals surface area contributed by atoms with Crippen molar-refractivity contribution in [2.75, 3.05) is 11.5 Å². The zero-order chi connectivity index (χ0) is 50.9. The van der Waals surface area contributed by atoms with E-state index in [1.165, 1.54) is 11.8 Å². The van der Waals surface area contributed by atoms with Crippen LogP contribution in [0.2, 0.25) is 0 Å². The Labute approximate surface area is 434 Å². The molecule has 3 amide bonds. The third kappa shape index (κ3) is 13.4. The van der Waals surface area contributed by atoms with Crippen molar-refractivity contribution < 1.29 is 29.0 Å². The standard InChI is InChI=1S/C61H67N3O6S2/c1-43(2)39-52-58(68)63-53(42-72-61(48-31-17-8-18-32-48,49-33-19-9-20-34-49)50-35-21-10-22-36-50)59(69)64-57(44(3)4)54(65)41-56(67)70-51(40-55(66)62-52)37-23-24-38-71-60(45-25-11-5-12-26-45,46-27-13-6-14-28-46)47-29-15-7-16-30-47/h5-23,25-37,43-44,51-54,57,65H,24,38-42H2,1-4H3,(H,62,66)(H,63,68)(H,64,69)/t51-,52-,53-,54+,57-/m1/s1. The third-order valence-corrected chi connectivity index (χ3v) is 16.2. The van der Waals surface area contributed by atoms with E-state index in [0.29, 0.717) is 12.2 Å². The van der Waals surface area contributed by atoms with Crippen molar-refractivity contribution in [2.45, 2.75) is 93.2 Å². The molecule has 0 saturated carbocycles. The maximum absolute atomic E-state index is 14.7. The van der Waals surface area contributed by atoms with Gasteiger partial charge in [-0.3, -0.25) is 19.2 Å². The number of amides is 3. The highest BCUT2D eigenvalue weighted by Gasteiger charge is 2.41. The van der Waals surface area contributed by atoms with Crippen molar-refractivity contribution in [2.24, 2.45) is 11.8 Å². The molecule has 1 fully saturated rings. The first-order chi connectivity index (χ1) is 34.9. The van der Waals surface area contributed by atoms with Crippen molar-refractivity contribution in [3.05, 3.63) is 228 Å². The molecule has 6 aromatic carbocycles. The third-order valence-electron chi connectivity index (χ3n) is 13.0. The molecule has 7 rings (SSSR count). The van der Waals surface area contributed by atoms with E-state index in [1.54, 1.807) is 17.8 Å². The molecule has 374 valence electrons. The predicted octanol–water partition coefficient (Wildman–Crippen LogP) is 10.6. The summed E-state index contributed by atoms with van der Waals surface area (Å²) in [5, 5.41) is 20.7. The second-order valence-corrected chi connectivity index (χ2v) is 21.6. The number of carbonyl (C=O) groups is 4. The minimum absolute atomic E-state index is 0.00653. The van der Waals surface area contributed by atoms with Gasteiger partial charge in [0.25, 0.3) is 0 Å². The summed E-state index contributed by atoms with van der Waals surface area (Å²) in [6.45, 7) is 7.64. The number of aliphatic hydroxyl groups excluding tert-OH is 1. The fraction of sp³-hybridized carbons (Fsp3) is 0.311. The van der Waals surface area contributed by atoms with Gasteiger partial charge in [0.05, 0.1) is 34.5 Å². The van der Waals surface area contributed by atoms with E-state index < -0.39 is 69.9 Å². The molecular weight excluding hydrogens is 935 g/mol. The molecule has 9 nitrogen and oxygen atoms in total. The van der Waals surface area contributed by atoms with Crippen LogP contribution in [0.25, 0.3) is 0 Å². The van der Waals surface area contributed by atoms with Crippen LogP contribution in [0.1, 0.15) is 86.8 Å². The molecule has 1 aliphatic rings. The average Bonchev–Trinajstić information content (AvgIpc) is 3.39. The van der Waals surface area contributed by atoms with Gasteiger partial charge in [-0.15, -0.1) is 23.5 Å². The van der Waals surface area contributed by atoms with Crippen molar-refractivity contribution in [3.8, 4) is 0 Å². The van der Waals surface area contributed by atoms with Gasteiger partial charge in [0.15, 0.2) is 0 Å². The van der Waals surface area contributed by atoms with Crippen LogP contribution in [0, 0.1) is 11.8 Å². The number of hydrogen-bond donors (Lipinski definition) is 4. The van der Waals surface area contributed by atoms with Crippen LogP contribution in [0.4, 0.5) is 0 Å². The first-order valence-corrected chi connectivity index (χ1v) is 26.9. The first-order valence-electron chi connectivity index (χ1n) is 25.0. The molecule has 0 spiro atoms. The Morgan fingerprint density at radius 2 is 0.958 bits per heavy atom. The van der Waals surface area contributed by atoms with Crippen molar-refractivity contribution in [1.29, 1.82) is 0 Å². The van der Waals surface area contributed by atoms with E-state index >= 15 is 0 Å². The molecule has 0 radical (unpaired) electrons. The van der Waals surface area contributed by atoms with Crippen LogP contribution in [0.5, 0.6) is 0 Å². The van der Waals surface area contributed by atoms with Gasteiger partial charge in [0.2, 0.25) is 17.7 Å². The number of nitrogens with one attached hydrogen (secondary N) is 3. The summed E-state index contributed by atoms with van der Waals surface area (Å²) in [7, 11) is 0. The highest BCUT2D eigenvalue weighted by atomic mass is 32.2. The summed E-state index contributed by atoms with van der Waals surface area (Å²) >= 11 is 3.32. The Morgan fingerprint density at radius 3 is 1.36 bits per heavy atom. The number of thioether (sulfide) groups is 2. The summed E-state index contributed by atoms with van der Waals surface area (Å²) in [6, 6.07) is 58.5. The number of rotatable bonds is 17. The molecule has 1 aliphatic heterocycles. The lowest BCUT2D eigenvalue weighted by molar-refractivity contribution is -0.151. The SMILES string of the molecule is CC(C)C[C@H]1NC(=O)C[C@@H](C=CCCSC(c2ccccc2)(c2ccccc2)c2ccccc2)OC(=O)C[C@H](O)[C@@H](C(C)C)NC(=O)[C@@H](CSC(c2ccccc2)(c2ccccc2)c2ccccc2)NC1=O.